The molecule has 1 aliphatic heterocycles. The number of halogens is 1. The van der Waals surface area contributed by atoms with E-state index in [1.165, 1.54) is 16.4 Å². The van der Waals surface area contributed by atoms with Crippen LogP contribution in [0, 0.1) is 19.7 Å². The molecule has 1 saturated heterocycles. The van der Waals surface area contributed by atoms with Crippen molar-refractivity contribution >= 4 is 10.0 Å². The Bertz CT molecular complexity index is 559. The van der Waals surface area contributed by atoms with E-state index in [1.54, 1.807) is 13.8 Å². The van der Waals surface area contributed by atoms with Gasteiger partial charge in [0, 0.05) is 25.7 Å². The number of hydrogen-bond donors (Lipinski definition) is 1. The van der Waals surface area contributed by atoms with E-state index in [-0.39, 0.29) is 10.9 Å². The average molecular weight is 286 g/mol. The largest absolute Gasteiger partial charge is 0.313 e. The van der Waals surface area contributed by atoms with E-state index in [9.17, 15) is 12.8 Å². The average Bonchev–Trinajstić information content (AvgIpc) is 2.20. The molecular formula is C13H19FN2O2S. The van der Waals surface area contributed by atoms with Crippen LogP contribution in [-0.2, 0) is 10.0 Å². The van der Waals surface area contributed by atoms with Gasteiger partial charge < -0.3 is 5.32 Å². The molecule has 0 unspecified atom stereocenters. The summed E-state index contributed by atoms with van der Waals surface area (Å²) in [6.45, 7) is 6.86. The second-order valence-corrected chi connectivity index (χ2v) is 6.72. The summed E-state index contributed by atoms with van der Waals surface area (Å²) < 4.78 is 40.2. The van der Waals surface area contributed by atoms with Crippen LogP contribution in [-0.4, -0.2) is 38.4 Å². The third-order valence-electron chi connectivity index (χ3n) is 3.47. The molecule has 0 aliphatic carbocycles. The molecule has 1 aromatic carbocycles. The fourth-order valence-electron chi connectivity index (χ4n) is 2.52. The van der Waals surface area contributed by atoms with Gasteiger partial charge in [0.05, 0.1) is 4.90 Å². The molecule has 0 saturated carbocycles. The molecule has 1 aromatic rings. The molecule has 1 aliphatic rings. The van der Waals surface area contributed by atoms with Crippen molar-refractivity contribution in [1.82, 2.24) is 9.62 Å². The summed E-state index contributed by atoms with van der Waals surface area (Å²) in [7, 11) is -3.56. The van der Waals surface area contributed by atoms with Crippen molar-refractivity contribution in [2.24, 2.45) is 0 Å². The van der Waals surface area contributed by atoms with Crippen molar-refractivity contribution in [2.45, 2.75) is 31.7 Å². The SMILES string of the molecule is CCN(C1CNC1)S(=O)(=O)c1c(C)cc(F)cc1C. The lowest BCUT2D eigenvalue weighted by molar-refractivity contribution is 0.249. The zero-order valence-corrected chi connectivity index (χ0v) is 12.2. The van der Waals surface area contributed by atoms with E-state index in [2.05, 4.69) is 5.32 Å². The highest BCUT2D eigenvalue weighted by Crippen LogP contribution is 2.26. The summed E-state index contributed by atoms with van der Waals surface area (Å²) in [5, 5.41) is 3.07. The number of sulfonamides is 1. The lowest BCUT2D eigenvalue weighted by atomic mass is 10.1. The summed E-state index contributed by atoms with van der Waals surface area (Å²) >= 11 is 0. The number of likely N-dealkylation sites (N-methyl/N-ethyl adjacent to an activating group) is 1. The van der Waals surface area contributed by atoms with Gasteiger partial charge in [0.25, 0.3) is 0 Å². The predicted molar refractivity (Wildman–Crippen MR) is 72.1 cm³/mol. The van der Waals surface area contributed by atoms with Gasteiger partial charge in [-0.15, -0.1) is 0 Å². The minimum Gasteiger partial charge on any atom is -0.313 e. The van der Waals surface area contributed by atoms with Crippen molar-refractivity contribution in [3.63, 3.8) is 0 Å². The molecule has 0 spiro atoms. The molecule has 0 radical (unpaired) electrons. The van der Waals surface area contributed by atoms with E-state index in [0.717, 1.165) is 0 Å². The second-order valence-electron chi connectivity index (χ2n) is 4.89. The van der Waals surface area contributed by atoms with Gasteiger partial charge in [0.2, 0.25) is 10.0 Å². The molecule has 0 amide bonds. The summed E-state index contributed by atoms with van der Waals surface area (Å²) in [6, 6.07) is 2.54. The number of hydrogen-bond acceptors (Lipinski definition) is 3. The Morgan fingerprint density at radius 2 is 1.84 bits per heavy atom. The van der Waals surface area contributed by atoms with Crippen LogP contribution in [0.5, 0.6) is 0 Å². The first kappa shape index (κ1) is 14.4. The molecule has 4 nitrogen and oxygen atoms in total. The van der Waals surface area contributed by atoms with E-state index in [1.807, 2.05) is 6.92 Å². The monoisotopic (exact) mass is 286 g/mol. The van der Waals surface area contributed by atoms with Gasteiger partial charge in [-0.05, 0) is 37.1 Å². The fraction of sp³-hybridized carbons (Fsp3) is 0.538. The Morgan fingerprint density at radius 3 is 2.21 bits per heavy atom. The Kier molecular flexibility index (Phi) is 3.94. The molecule has 19 heavy (non-hydrogen) atoms. The number of rotatable bonds is 4. The van der Waals surface area contributed by atoms with Gasteiger partial charge in [0.1, 0.15) is 5.82 Å². The van der Waals surface area contributed by atoms with Crippen molar-refractivity contribution in [2.75, 3.05) is 19.6 Å². The lowest BCUT2D eigenvalue weighted by Gasteiger charge is -2.37. The van der Waals surface area contributed by atoms with Crippen LogP contribution in [0.15, 0.2) is 17.0 Å². The first-order valence-corrected chi connectivity index (χ1v) is 7.81. The molecule has 1 heterocycles. The summed E-state index contributed by atoms with van der Waals surface area (Å²) in [4.78, 5) is 0.239. The topological polar surface area (TPSA) is 49.4 Å². The van der Waals surface area contributed by atoms with Crippen LogP contribution >= 0.6 is 0 Å². The van der Waals surface area contributed by atoms with Gasteiger partial charge in [-0.2, -0.15) is 4.31 Å². The summed E-state index contributed by atoms with van der Waals surface area (Å²) in [5.74, 6) is -0.401. The van der Waals surface area contributed by atoms with E-state index < -0.39 is 15.8 Å². The Labute approximate surface area is 113 Å². The predicted octanol–water partition coefficient (Wildman–Crippen LogP) is 1.42. The van der Waals surface area contributed by atoms with Crippen LogP contribution in [0.1, 0.15) is 18.1 Å². The van der Waals surface area contributed by atoms with Crippen molar-refractivity contribution in [1.29, 1.82) is 0 Å². The standard InChI is InChI=1S/C13H19FN2O2S/c1-4-16(12-7-15-8-12)19(17,18)13-9(2)5-11(14)6-10(13)3/h5-6,12,15H,4,7-8H2,1-3H3. The molecule has 1 N–H and O–H groups in total. The van der Waals surface area contributed by atoms with E-state index >= 15 is 0 Å². The molecule has 2 rings (SSSR count). The minimum atomic E-state index is -3.56. The van der Waals surface area contributed by atoms with E-state index in [0.29, 0.717) is 30.8 Å². The summed E-state index contributed by atoms with van der Waals surface area (Å²) in [5.41, 5.74) is 0.923. The minimum absolute atomic E-state index is 0.00106. The molecule has 6 heteroatoms. The Balaban J connectivity index is 2.49. The maximum absolute atomic E-state index is 13.3. The van der Waals surface area contributed by atoms with Crippen LogP contribution in [0.2, 0.25) is 0 Å². The first-order valence-electron chi connectivity index (χ1n) is 6.37. The van der Waals surface area contributed by atoms with Gasteiger partial charge in [-0.25, -0.2) is 12.8 Å². The van der Waals surface area contributed by atoms with Crippen LogP contribution in [0.3, 0.4) is 0 Å². The normalized spacial score (nSPS) is 16.7. The molecular weight excluding hydrogens is 267 g/mol. The number of benzene rings is 1. The lowest BCUT2D eigenvalue weighted by Crippen LogP contribution is -2.58. The summed E-state index contributed by atoms with van der Waals surface area (Å²) in [6.07, 6.45) is 0. The molecule has 106 valence electrons. The third kappa shape index (κ3) is 2.52. The smallest absolute Gasteiger partial charge is 0.243 e. The van der Waals surface area contributed by atoms with Gasteiger partial charge in [-0.1, -0.05) is 6.92 Å². The Hall–Kier alpha value is -0.980. The second kappa shape index (κ2) is 5.19. The van der Waals surface area contributed by atoms with Crippen LogP contribution < -0.4 is 5.32 Å². The molecule has 1 fully saturated rings. The number of nitrogens with one attached hydrogen (secondary N) is 1. The molecule has 0 bridgehead atoms. The van der Waals surface area contributed by atoms with Crippen molar-refractivity contribution < 1.29 is 12.8 Å². The highest BCUT2D eigenvalue weighted by Gasteiger charge is 2.35. The highest BCUT2D eigenvalue weighted by atomic mass is 32.2. The van der Waals surface area contributed by atoms with Crippen LogP contribution in [0.4, 0.5) is 4.39 Å². The highest BCUT2D eigenvalue weighted by molar-refractivity contribution is 7.89. The van der Waals surface area contributed by atoms with Gasteiger partial charge >= 0.3 is 0 Å². The molecule has 0 atom stereocenters. The van der Waals surface area contributed by atoms with E-state index in [4.69, 9.17) is 0 Å². The maximum Gasteiger partial charge on any atom is 0.243 e. The van der Waals surface area contributed by atoms with Gasteiger partial charge in [-0.3, -0.25) is 0 Å². The quantitative estimate of drug-likeness (QED) is 0.911. The number of aryl methyl sites for hydroxylation is 2. The molecule has 0 aromatic heterocycles. The zero-order valence-electron chi connectivity index (χ0n) is 11.4. The zero-order chi connectivity index (χ0) is 14.2. The Morgan fingerprint density at radius 1 is 1.32 bits per heavy atom. The van der Waals surface area contributed by atoms with Crippen molar-refractivity contribution in [3.05, 3.63) is 29.1 Å². The third-order valence-corrected chi connectivity index (χ3v) is 5.80. The van der Waals surface area contributed by atoms with Gasteiger partial charge in [0.15, 0.2) is 0 Å². The number of nitrogens with zero attached hydrogens (tertiary/aromatic N) is 1. The fourth-order valence-corrected chi connectivity index (χ4v) is 4.57. The van der Waals surface area contributed by atoms with Crippen LogP contribution in [0.25, 0.3) is 0 Å². The maximum atomic E-state index is 13.3. The first-order chi connectivity index (χ1) is 8.87. The van der Waals surface area contributed by atoms with Crippen molar-refractivity contribution in [3.8, 4) is 0 Å².